The van der Waals surface area contributed by atoms with Crippen LogP contribution >= 0.6 is 11.3 Å². The minimum absolute atomic E-state index is 0.182. The van der Waals surface area contributed by atoms with Crippen LogP contribution in [0.3, 0.4) is 0 Å². The summed E-state index contributed by atoms with van der Waals surface area (Å²) in [6.07, 6.45) is 0.725. The lowest BCUT2D eigenvalue weighted by molar-refractivity contribution is -0.167. The molecule has 0 fully saturated rings. The molecule has 0 bridgehead atoms. The predicted octanol–water partition coefficient (Wildman–Crippen LogP) is 2.04. The summed E-state index contributed by atoms with van der Waals surface area (Å²) < 4.78 is 4.84. The summed E-state index contributed by atoms with van der Waals surface area (Å²) in [6.45, 7) is 5.12. The van der Waals surface area contributed by atoms with Gasteiger partial charge in [-0.15, -0.1) is 11.3 Å². The largest absolute Gasteiger partial charge is 0.480 e. The van der Waals surface area contributed by atoms with E-state index in [1.54, 1.807) is 12.4 Å². The van der Waals surface area contributed by atoms with Gasteiger partial charge in [0.2, 0.25) is 0 Å². The number of carboxylic acid groups (broad SMARTS) is 1. The van der Waals surface area contributed by atoms with Gasteiger partial charge in [0.25, 0.3) is 0 Å². The SMILES string of the molecule is CCOC(=O)C(C)(CCc1scnc1C)C(=O)O. The topological polar surface area (TPSA) is 76.5 Å². The Balaban J connectivity index is 2.78. The summed E-state index contributed by atoms with van der Waals surface area (Å²) in [6, 6.07) is 0. The van der Waals surface area contributed by atoms with E-state index >= 15 is 0 Å². The van der Waals surface area contributed by atoms with Gasteiger partial charge >= 0.3 is 11.9 Å². The highest BCUT2D eigenvalue weighted by atomic mass is 32.1. The molecule has 1 heterocycles. The smallest absolute Gasteiger partial charge is 0.323 e. The molecule has 0 aliphatic rings. The lowest BCUT2D eigenvalue weighted by Crippen LogP contribution is -2.38. The van der Waals surface area contributed by atoms with Crippen LogP contribution in [0.25, 0.3) is 0 Å². The van der Waals surface area contributed by atoms with Crippen LogP contribution in [0.4, 0.5) is 0 Å². The minimum Gasteiger partial charge on any atom is -0.480 e. The van der Waals surface area contributed by atoms with Crippen LogP contribution in [0.15, 0.2) is 5.51 Å². The monoisotopic (exact) mass is 271 g/mol. The molecule has 1 aromatic heterocycles. The fourth-order valence-corrected chi connectivity index (χ4v) is 2.30. The van der Waals surface area contributed by atoms with E-state index in [0.29, 0.717) is 6.42 Å². The lowest BCUT2D eigenvalue weighted by atomic mass is 9.85. The molecule has 1 N–H and O–H groups in total. The van der Waals surface area contributed by atoms with Crippen LogP contribution in [0.2, 0.25) is 0 Å². The highest BCUT2D eigenvalue weighted by Gasteiger charge is 2.42. The second kappa shape index (κ2) is 5.95. The van der Waals surface area contributed by atoms with E-state index in [1.807, 2.05) is 6.92 Å². The molecule has 18 heavy (non-hydrogen) atoms. The van der Waals surface area contributed by atoms with E-state index < -0.39 is 17.4 Å². The molecule has 0 saturated heterocycles. The normalized spacial score (nSPS) is 13.9. The number of carbonyl (C=O) groups excluding carboxylic acids is 1. The fourth-order valence-electron chi connectivity index (χ4n) is 1.52. The molecule has 1 aromatic rings. The third kappa shape index (κ3) is 3.07. The van der Waals surface area contributed by atoms with Crippen molar-refractivity contribution in [3.8, 4) is 0 Å². The zero-order chi connectivity index (χ0) is 13.8. The number of hydrogen-bond acceptors (Lipinski definition) is 5. The maximum Gasteiger partial charge on any atom is 0.323 e. The molecular formula is C12H17NO4S. The summed E-state index contributed by atoms with van der Waals surface area (Å²) in [4.78, 5) is 28.1. The lowest BCUT2D eigenvalue weighted by Gasteiger charge is -2.22. The molecule has 0 aromatic carbocycles. The second-order valence-electron chi connectivity index (χ2n) is 4.22. The highest BCUT2D eigenvalue weighted by molar-refractivity contribution is 7.09. The first-order valence-corrected chi connectivity index (χ1v) is 6.59. The highest BCUT2D eigenvalue weighted by Crippen LogP contribution is 2.28. The van der Waals surface area contributed by atoms with Crippen LogP contribution in [0.1, 0.15) is 30.8 Å². The Morgan fingerprint density at radius 3 is 2.67 bits per heavy atom. The van der Waals surface area contributed by atoms with Crippen molar-refractivity contribution in [2.24, 2.45) is 5.41 Å². The standard InChI is InChI=1S/C12H17NO4S/c1-4-17-11(16)12(3,10(14)15)6-5-9-8(2)13-7-18-9/h7H,4-6H2,1-3H3,(H,14,15). The van der Waals surface area contributed by atoms with Crippen LogP contribution in [0, 0.1) is 12.3 Å². The summed E-state index contributed by atoms with van der Waals surface area (Å²) in [5, 5.41) is 9.21. The zero-order valence-electron chi connectivity index (χ0n) is 10.7. The Morgan fingerprint density at radius 1 is 1.56 bits per heavy atom. The maximum absolute atomic E-state index is 11.7. The Bertz CT molecular complexity index is 443. The van der Waals surface area contributed by atoms with Crippen LogP contribution in [0.5, 0.6) is 0 Å². The molecule has 0 amide bonds. The van der Waals surface area contributed by atoms with E-state index in [1.165, 1.54) is 18.3 Å². The van der Waals surface area contributed by atoms with Crippen molar-refractivity contribution in [1.82, 2.24) is 4.98 Å². The number of carbonyl (C=O) groups is 2. The van der Waals surface area contributed by atoms with Crippen molar-refractivity contribution in [2.45, 2.75) is 33.6 Å². The molecule has 0 aliphatic carbocycles. The molecule has 0 radical (unpaired) electrons. The average Bonchev–Trinajstić information content (AvgIpc) is 2.71. The summed E-state index contributed by atoms with van der Waals surface area (Å²) in [5.41, 5.74) is 1.11. The molecule has 1 unspecified atom stereocenters. The van der Waals surface area contributed by atoms with Gasteiger partial charge in [0.1, 0.15) is 0 Å². The quantitative estimate of drug-likeness (QED) is 0.633. The predicted molar refractivity (Wildman–Crippen MR) is 67.5 cm³/mol. The van der Waals surface area contributed by atoms with Crippen molar-refractivity contribution >= 4 is 23.3 Å². The molecular weight excluding hydrogens is 254 g/mol. The summed E-state index contributed by atoms with van der Waals surface area (Å²) in [7, 11) is 0. The third-order valence-corrected chi connectivity index (χ3v) is 3.89. The van der Waals surface area contributed by atoms with Gasteiger partial charge in [-0.1, -0.05) is 0 Å². The minimum atomic E-state index is -1.49. The number of rotatable bonds is 6. The Labute approximate surface area is 110 Å². The molecule has 5 nitrogen and oxygen atoms in total. The number of ether oxygens (including phenoxy) is 1. The van der Waals surface area contributed by atoms with Crippen molar-refractivity contribution in [3.05, 3.63) is 16.1 Å². The average molecular weight is 271 g/mol. The molecule has 0 aliphatic heterocycles. The Kier molecular flexibility index (Phi) is 4.84. The molecule has 100 valence electrons. The molecule has 6 heteroatoms. The molecule has 1 rings (SSSR count). The van der Waals surface area contributed by atoms with E-state index in [-0.39, 0.29) is 13.0 Å². The zero-order valence-corrected chi connectivity index (χ0v) is 11.5. The Morgan fingerprint density at radius 2 is 2.22 bits per heavy atom. The maximum atomic E-state index is 11.7. The van der Waals surface area contributed by atoms with Gasteiger partial charge in [-0.05, 0) is 33.6 Å². The number of carboxylic acids is 1. The van der Waals surface area contributed by atoms with E-state index in [0.717, 1.165) is 10.6 Å². The van der Waals surface area contributed by atoms with Crippen molar-refractivity contribution in [1.29, 1.82) is 0 Å². The summed E-state index contributed by atoms with van der Waals surface area (Å²) in [5.74, 6) is -1.83. The van der Waals surface area contributed by atoms with Crippen LogP contribution < -0.4 is 0 Å². The number of aryl methyl sites for hydroxylation is 2. The fraction of sp³-hybridized carbons (Fsp3) is 0.583. The number of aromatic nitrogens is 1. The van der Waals surface area contributed by atoms with Crippen molar-refractivity contribution < 1.29 is 19.4 Å². The Hall–Kier alpha value is -1.43. The number of hydrogen-bond donors (Lipinski definition) is 1. The van der Waals surface area contributed by atoms with Crippen LogP contribution in [-0.2, 0) is 20.7 Å². The van der Waals surface area contributed by atoms with Crippen LogP contribution in [-0.4, -0.2) is 28.6 Å². The second-order valence-corrected chi connectivity index (χ2v) is 5.16. The van der Waals surface area contributed by atoms with Crippen molar-refractivity contribution in [2.75, 3.05) is 6.61 Å². The van der Waals surface area contributed by atoms with Gasteiger partial charge in [0, 0.05) is 4.88 Å². The molecule has 1 atom stereocenters. The number of aliphatic carboxylic acids is 1. The first-order chi connectivity index (χ1) is 8.41. The van der Waals surface area contributed by atoms with Gasteiger partial charge in [0.15, 0.2) is 5.41 Å². The first-order valence-electron chi connectivity index (χ1n) is 5.71. The van der Waals surface area contributed by atoms with Crippen molar-refractivity contribution in [3.63, 3.8) is 0 Å². The van der Waals surface area contributed by atoms with Gasteiger partial charge in [-0.25, -0.2) is 4.98 Å². The van der Waals surface area contributed by atoms with Gasteiger partial charge in [-0.3, -0.25) is 9.59 Å². The van der Waals surface area contributed by atoms with E-state index in [9.17, 15) is 14.7 Å². The third-order valence-electron chi connectivity index (χ3n) is 2.89. The molecule has 0 saturated carbocycles. The molecule has 0 spiro atoms. The van der Waals surface area contributed by atoms with Gasteiger partial charge in [-0.2, -0.15) is 0 Å². The number of esters is 1. The first kappa shape index (κ1) is 14.6. The van der Waals surface area contributed by atoms with Gasteiger partial charge < -0.3 is 9.84 Å². The van der Waals surface area contributed by atoms with E-state index in [4.69, 9.17) is 4.74 Å². The number of nitrogens with zero attached hydrogens (tertiary/aromatic N) is 1. The summed E-state index contributed by atoms with van der Waals surface area (Å²) >= 11 is 1.47. The van der Waals surface area contributed by atoms with Gasteiger partial charge in [0.05, 0.1) is 17.8 Å². The number of thiazole rings is 1. The van der Waals surface area contributed by atoms with E-state index in [2.05, 4.69) is 4.98 Å².